The summed E-state index contributed by atoms with van der Waals surface area (Å²) < 4.78 is 23.1. The van der Waals surface area contributed by atoms with E-state index in [9.17, 15) is 9.32 Å². The van der Waals surface area contributed by atoms with Gasteiger partial charge in [-0.25, -0.2) is 4.98 Å². The number of nitrogens with zero attached hydrogens (tertiary/aromatic N) is 3. The predicted octanol–water partition coefficient (Wildman–Crippen LogP) is 1.48. The number of pyridine rings is 2. The minimum absolute atomic E-state index is 0.169. The standard InChI is InChI=1S/C16H18N4O4S/c1-9-12(17-6-10(7-21)14(9)24-3)8-25(22)16-18-11-4-5-13(23-2)19-15(11)20-16/h4-6,21H,7-8H2,1-3H3,(H,18,19,20). The minimum Gasteiger partial charge on any atom is -0.496 e. The smallest absolute Gasteiger partial charge is 0.215 e. The number of fused-ring (bicyclic) bond motifs is 1. The van der Waals surface area contributed by atoms with E-state index in [1.165, 1.54) is 20.4 Å². The monoisotopic (exact) mass is 362 g/mol. The number of rotatable bonds is 6. The molecule has 3 heterocycles. The van der Waals surface area contributed by atoms with Gasteiger partial charge >= 0.3 is 0 Å². The first-order chi connectivity index (χ1) is 12.1. The summed E-state index contributed by atoms with van der Waals surface area (Å²) in [5.41, 5.74) is 3.09. The number of aromatic amines is 1. The van der Waals surface area contributed by atoms with E-state index < -0.39 is 10.8 Å². The average Bonchev–Trinajstić information content (AvgIpc) is 3.06. The Morgan fingerprint density at radius 1 is 1.24 bits per heavy atom. The first kappa shape index (κ1) is 17.3. The second kappa shape index (κ2) is 7.16. The fourth-order valence-electron chi connectivity index (χ4n) is 2.49. The highest BCUT2D eigenvalue weighted by Gasteiger charge is 2.17. The van der Waals surface area contributed by atoms with Crippen molar-refractivity contribution in [3.05, 3.63) is 35.2 Å². The van der Waals surface area contributed by atoms with E-state index in [-0.39, 0.29) is 12.4 Å². The van der Waals surface area contributed by atoms with E-state index in [0.717, 1.165) is 5.56 Å². The molecule has 1 atom stereocenters. The molecule has 1 unspecified atom stereocenters. The van der Waals surface area contributed by atoms with Gasteiger partial charge in [-0.05, 0) is 13.0 Å². The second-order valence-corrected chi connectivity index (χ2v) is 6.67. The van der Waals surface area contributed by atoms with Gasteiger partial charge in [0.15, 0.2) is 10.8 Å². The minimum atomic E-state index is -1.43. The molecular formula is C16H18N4O4S. The Bertz CT molecular complexity index is 941. The quantitative estimate of drug-likeness (QED) is 0.683. The number of nitrogens with one attached hydrogen (secondary N) is 1. The summed E-state index contributed by atoms with van der Waals surface area (Å²) >= 11 is 0. The van der Waals surface area contributed by atoms with Gasteiger partial charge in [0.05, 0.1) is 48.6 Å². The first-order valence-corrected chi connectivity index (χ1v) is 8.80. The lowest BCUT2D eigenvalue weighted by Crippen LogP contribution is -2.06. The topological polar surface area (TPSA) is 110 Å². The van der Waals surface area contributed by atoms with Gasteiger partial charge in [0.25, 0.3) is 0 Å². The molecule has 0 amide bonds. The summed E-state index contributed by atoms with van der Waals surface area (Å²) in [6.45, 7) is 1.65. The number of imidazole rings is 1. The lowest BCUT2D eigenvalue weighted by molar-refractivity contribution is 0.272. The Morgan fingerprint density at radius 2 is 2.04 bits per heavy atom. The molecule has 3 aromatic rings. The number of ether oxygens (including phenoxy) is 2. The molecule has 8 nitrogen and oxygen atoms in total. The van der Waals surface area contributed by atoms with Gasteiger partial charge in [0.2, 0.25) is 5.88 Å². The summed E-state index contributed by atoms with van der Waals surface area (Å²) in [5.74, 6) is 1.17. The van der Waals surface area contributed by atoms with E-state index in [2.05, 4.69) is 19.9 Å². The Balaban J connectivity index is 1.90. The van der Waals surface area contributed by atoms with Crippen LogP contribution in [0.2, 0.25) is 0 Å². The summed E-state index contributed by atoms with van der Waals surface area (Å²) in [6.07, 6.45) is 1.53. The van der Waals surface area contributed by atoms with Crippen LogP contribution in [-0.4, -0.2) is 43.5 Å². The molecule has 0 saturated carbocycles. The number of H-pyrrole nitrogens is 1. The zero-order valence-electron chi connectivity index (χ0n) is 14.1. The van der Waals surface area contributed by atoms with Gasteiger partial charge in [-0.3, -0.25) is 9.19 Å². The SMILES string of the molecule is COc1ccc2[nH]c(S(=O)Cc3ncc(CO)c(OC)c3C)nc2n1. The van der Waals surface area contributed by atoms with Crippen molar-refractivity contribution in [3.63, 3.8) is 0 Å². The van der Waals surface area contributed by atoms with Crippen LogP contribution in [-0.2, 0) is 23.2 Å². The zero-order valence-corrected chi connectivity index (χ0v) is 14.9. The fraction of sp³-hybridized carbons (Fsp3) is 0.312. The number of hydrogen-bond donors (Lipinski definition) is 2. The fourth-order valence-corrected chi connectivity index (χ4v) is 3.58. The Hall–Kier alpha value is -2.52. The predicted molar refractivity (Wildman–Crippen MR) is 92.0 cm³/mol. The highest BCUT2D eigenvalue weighted by molar-refractivity contribution is 7.84. The molecule has 25 heavy (non-hydrogen) atoms. The molecule has 0 aliphatic heterocycles. The molecule has 0 radical (unpaired) electrons. The summed E-state index contributed by atoms with van der Waals surface area (Å²) in [7, 11) is 1.62. The number of hydrogen-bond acceptors (Lipinski definition) is 7. The van der Waals surface area contributed by atoms with Crippen LogP contribution in [0.3, 0.4) is 0 Å². The van der Waals surface area contributed by atoms with E-state index in [1.807, 2.05) is 6.92 Å². The molecule has 9 heteroatoms. The van der Waals surface area contributed by atoms with Crippen molar-refractivity contribution >= 4 is 22.0 Å². The van der Waals surface area contributed by atoms with Gasteiger partial charge in [-0.15, -0.1) is 0 Å². The van der Waals surface area contributed by atoms with Crippen molar-refractivity contribution in [3.8, 4) is 11.6 Å². The second-order valence-electron chi connectivity index (χ2n) is 5.30. The lowest BCUT2D eigenvalue weighted by atomic mass is 10.1. The van der Waals surface area contributed by atoms with Crippen molar-refractivity contribution in [2.75, 3.05) is 14.2 Å². The molecule has 0 aromatic carbocycles. The molecule has 0 aliphatic rings. The molecular weight excluding hydrogens is 344 g/mol. The number of aromatic nitrogens is 4. The molecule has 3 rings (SSSR count). The molecule has 132 valence electrons. The maximum Gasteiger partial charge on any atom is 0.215 e. The average molecular weight is 362 g/mol. The summed E-state index contributed by atoms with van der Waals surface area (Å²) in [5, 5.41) is 9.66. The Labute approximate surface area is 146 Å². The lowest BCUT2D eigenvalue weighted by Gasteiger charge is -2.12. The molecule has 0 bridgehead atoms. The van der Waals surface area contributed by atoms with Crippen LogP contribution in [0.25, 0.3) is 11.2 Å². The normalized spacial score (nSPS) is 12.3. The van der Waals surface area contributed by atoms with Gasteiger partial charge < -0.3 is 19.6 Å². The van der Waals surface area contributed by atoms with Crippen molar-refractivity contribution in [1.82, 2.24) is 19.9 Å². The molecule has 0 saturated heterocycles. The number of aliphatic hydroxyl groups excluding tert-OH is 1. The van der Waals surface area contributed by atoms with Crippen LogP contribution in [0.1, 0.15) is 16.8 Å². The highest BCUT2D eigenvalue weighted by Crippen LogP contribution is 2.26. The molecule has 0 aliphatic carbocycles. The summed E-state index contributed by atoms with van der Waals surface area (Å²) in [6, 6.07) is 3.48. The van der Waals surface area contributed by atoms with E-state index >= 15 is 0 Å². The van der Waals surface area contributed by atoms with E-state index in [0.29, 0.717) is 39.2 Å². The van der Waals surface area contributed by atoms with E-state index in [1.54, 1.807) is 12.1 Å². The van der Waals surface area contributed by atoms with Crippen LogP contribution < -0.4 is 9.47 Å². The van der Waals surface area contributed by atoms with Gasteiger partial charge in [-0.2, -0.15) is 4.98 Å². The molecule has 3 aromatic heterocycles. The van der Waals surface area contributed by atoms with Crippen LogP contribution >= 0.6 is 0 Å². The maximum absolute atomic E-state index is 12.7. The maximum atomic E-state index is 12.7. The van der Waals surface area contributed by atoms with Crippen LogP contribution in [0.5, 0.6) is 11.6 Å². The highest BCUT2D eigenvalue weighted by atomic mass is 32.2. The van der Waals surface area contributed by atoms with Gasteiger partial charge in [0, 0.05) is 23.4 Å². The third-order valence-electron chi connectivity index (χ3n) is 3.81. The van der Waals surface area contributed by atoms with Gasteiger partial charge in [0.1, 0.15) is 5.75 Å². The van der Waals surface area contributed by atoms with Crippen molar-refractivity contribution < 1.29 is 18.8 Å². The van der Waals surface area contributed by atoms with Crippen LogP contribution in [0, 0.1) is 6.92 Å². The van der Waals surface area contributed by atoms with Gasteiger partial charge in [-0.1, -0.05) is 0 Å². The zero-order chi connectivity index (χ0) is 18.0. The third kappa shape index (κ3) is 3.33. The van der Waals surface area contributed by atoms with E-state index in [4.69, 9.17) is 9.47 Å². The van der Waals surface area contributed by atoms with Crippen LogP contribution in [0.15, 0.2) is 23.5 Å². The Morgan fingerprint density at radius 3 is 2.72 bits per heavy atom. The van der Waals surface area contributed by atoms with Crippen LogP contribution in [0.4, 0.5) is 0 Å². The van der Waals surface area contributed by atoms with Crippen molar-refractivity contribution in [2.45, 2.75) is 24.4 Å². The molecule has 2 N–H and O–H groups in total. The largest absolute Gasteiger partial charge is 0.496 e. The summed E-state index contributed by atoms with van der Waals surface area (Å²) in [4.78, 5) is 15.8. The number of methoxy groups -OCH3 is 2. The third-order valence-corrected chi connectivity index (χ3v) is 4.97. The molecule has 0 fully saturated rings. The van der Waals surface area contributed by atoms with Crippen molar-refractivity contribution in [1.29, 1.82) is 0 Å². The first-order valence-electron chi connectivity index (χ1n) is 7.48. The number of aliphatic hydroxyl groups is 1. The van der Waals surface area contributed by atoms with Crippen molar-refractivity contribution in [2.24, 2.45) is 0 Å². The molecule has 0 spiro atoms. The Kier molecular flexibility index (Phi) is 4.95.